The Labute approximate surface area is 115 Å². The topological polar surface area (TPSA) is 29.3 Å². The predicted octanol–water partition coefficient (Wildman–Crippen LogP) is 3.81. The van der Waals surface area contributed by atoms with Crippen LogP contribution in [-0.2, 0) is 6.54 Å². The summed E-state index contributed by atoms with van der Waals surface area (Å²) in [4.78, 5) is 2.38. The number of hydrogen-bond acceptors (Lipinski definition) is 2. The van der Waals surface area contributed by atoms with Gasteiger partial charge in [0.1, 0.15) is 0 Å². The van der Waals surface area contributed by atoms with E-state index in [2.05, 4.69) is 24.9 Å². The first kappa shape index (κ1) is 13.7. The average molecular weight is 267 g/mol. The fourth-order valence-corrected chi connectivity index (χ4v) is 3.24. The van der Waals surface area contributed by atoms with Crippen LogP contribution in [-0.4, -0.2) is 13.1 Å². The lowest BCUT2D eigenvalue weighted by molar-refractivity contribution is 0.321. The molecule has 1 aromatic rings. The molecule has 18 heavy (non-hydrogen) atoms. The summed E-state index contributed by atoms with van der Waals surface area (Å²) in [5.41, 5.74) is 7.87. The number of anilines is 1. The van der Waals surface area contributed by atoms with Crippen molar-refractivity contribution in [2.45, 2.75) is 45.2 Å². The molecule has 0 heterocycles. The van der Waals surface area contributed by atoms with Crippen molar-refractivity contribution in [1.82, 2.24) is 0 Å². The van der Waals surface area contributed by atoms with Gasteiger partial charge < -0.3 is 10.6 Å². The first-order valence-electron chi connectivity index (χ1n) is 6.85. The number of nitrogens with two attached hydrogens (primary N) is 1. The van der Waals surface area contributed by atoms with Gasteiger partial charge in [0, 0.05) is 30.3 Å². The molecule has 0 aliphatic heterocycles. The minimum absolute atomic E-state index is 0.503. The molecule has 2 unspecified atom stereocenters. The Balaban J connectivity index is 2.17. The second-order valence-electron chi connectivity index (χ2n) is 5.42. The molecule has 3 heteroatoms. The third-order valence-electron chi connectivity index (χ3n) is 4.23. The van der Waals surface area contributed by atoms with Crippen LogP contribution in [0.4, 0.5) is 5.69 Å². The minimum atomic E-state index is 0.503. The Kier molecular flexibility index (Phi) is 4.52. The van der Waals surface area contributed by atoms with Gasteiger partial charge in [0.15, 0.2) is 0 Å². The van der Waals surface area contributed by atoms with Gasteiger partial charge in [-0.2, -0.15) is 0 Å². The molecule has 0 amide bonds. The fraction of sp³-hybridized carbons (Fsp3) is 0.600. The van der Waals surface area contributed by atoms with Crippen molar-refractivity contribution in [3.05, 3.63) is 28.8 Å². The molecular weight excluding hydrogens is 244 g/mol. The van der Waals surface area contributed by atoms with E-state index in [1.807, 2.05) is 12.1 Å². The molecule has 1 aromatic carbocycles. The smallest absolute Gasteiger partial charge is 0.0471 e. The van der Waals surface area contributed by atoms with E-state index in [0.717, 1.165) is 16.5 Å². The summed E-state index contributed by atoms with van der Waals surface area (Å²) in [5.74, 6) is 0.761. The van der Waals surface area contributed by atoms with Crippen LogP contribution in [0.1, 0.15) is 38.2 Å². The zero-order valence-electron chi connectivity index (χ0n) is 11.3. The average Bonchev–Trinajstić information content (AvgIpc) is 2.38. The Bertz CT molecular complexity index is 405. The van der Waals surface area contributed by atoms with Gasteiger partial charge in [-0.3, -0.25) is 0 Å². The second-order valence-corrected chi connectivity index (χ2v) is 5.83. The maximum Gasteiger partial charge on any atom is 0.0471 e. The van der Waals surface area contributed by atoms with E-state index < -0.39 is 0 Å². The van der Waals surface area contributed by atoms with E-state index in [1.54, 1.807) is 0 Å². The molecule has 0 aromatic heterocycles. The Morgan fingerprint density at radius 1 is 1.33 bits per heavy atom. The van der Waals surface area contributed by atoms with E-state index in [4.69, 9.17) is 17.3 Å². The molecule has 0 bridgehead atoms. The highest BCUT2D eigenvalue weighted by Gasteiger charge is 2.25. The summed E-state index contributed by atoms with van der Waals surface area (Å²) in [5, 5.41) is 0.783. The van der Waals surface area contributed by atoms with Crippen molar-refractivity contribution in [2.75, 3.05) is 11.9 Å². The van der Waals surface area contributed by atoms with Crippen molar-refractivity contribution < 1.29 is 0 Å². The van der Waals surface area contributed by atoms with Crippen LogP contribution in [0.25, 0.3) is 0 Å². The first-order chi connectivity index (χ1) is 8.63. The lowest BCUT2D eigenvalue weighted by atomic mass is 9.85. The number of benzene rings is 1. The lowest BCUT2D eigenvalue weighted by Crippen LogP contribution is -2.39. The molecular formula is C15H23ClN2. The maximum absolute atomic E-state index is 6.24. The molecule has 1 aliphatic rings. The van der Waals surface area contributed by atoms with Crippen molar-refractivity contribution in [1.29, 1.82) is 0 Å². The third kappa shape index (κ3) is 2.81. The molecule has 1 fully saturated rings. The Morgan fingerprint density at radius 2 is 2.06 bits per heavy atom. The van der Waals surface area contributed by atoms with Gasteiger partial charge in [-0.25, -0.2) is 0 Å². The summed E-state index contributed by atoms with van der Waals surface area (Å²) < 4.78 is 0. The third-order valence-corrected chi connectivity index (χ3v) is 4.58. The fourth-order valence-electron chi connectivity index (χ4n) is 2.98. The van der Waals surface area contributed by atoms with Crippen LogP contribution in [0, 0.1) is 5.92 Å². The highest BCUT2D eigenvalue weighted by molar-refractivity contribution is 6.31. The minimum Gasteiger partial charge on any atom is -0.371 e. The van der Waals surface area contributed by atoms with Crippen molar-refractivity contribution >= 4 is 17.3 Å². The summed E-state index contributed by atoms with van der Waals surface area (Å²) in [6.45, 7) is 2.86. The SMILES string of the molecule is CC1CCCCC1N(C)c1ccc(CN)c(Cl)c1. The number of halogens is 1. The van der Waals surface area contributed by atoms with Crippen LogP contribution >= 0.6 is 11.6 Å². The summed E-state index contributed by atoms with van der Waals surface area (Å²) in [6, 6.07) is 6.86. The molecule has 100 valence electrons. The van der Waals surface area contributed by atoms with Crippen LogP contribution in [0.3, 0.4) is 0 Å². The summed E-state index contributed by atoms with van der Waals surface area (Å²) in [7, 11) is 2.18. The van der Waals surface area contributed by atoms with Crippen molar-refractivity contribution in [3.8, 4) is 0 Å². The number of nitrogens with zero attached hydrogens (tertiary/aromatic N) is 1. The van der Waals surface area contributed by atoms with Crippen LogP contribution in [0.15, 0.2) is 18.2 Å². The zero-order chi connectivity index (χ0) is 13.1. The predicted molar refractivity (Wildman–Crippen MR) is 79.2 cm³/mol. The number of rotatable bonds is 3. The van der Waals surface area contributed by atoms with E-state index in [9.17, 15) is 0 Å². The van der Waals surface area contributed by atoms with Crippen LogP contribution in [0.5, 0.6) is 0 Å². The quantitative estimate of drug-likeness (QED) is 0.901. The normalized spacial score (nSPS) is 24.0. The van der Waals surface area contributed by atoms with Gasteiger partial charge in [0.25, 0.3) is 0 Å². The highest BCUT2D eigenvalue weighted by atomic mass is 35.5. The molecule has 2 atom stereocenters. The summed E-state index contributed by atoms with van der Waals surface area (Å²) >= 11 is 6.24. The van der Waals surface area contributed by atoms with Gasteiger partial charge in [0.05, 0.1) is 0 Å². The lowest BCUT2D eigenvalue weighted by Gasteiger charge is -2.37. The van der Waals surface area contributed by atoms with Crippen molar-refractivity contribution in [3.63, 3.8) is 0 Å². The zero-order valence-corrected chi connectivity index (χ0v) is 12.1. The molecule has 0 spiro atoms. The van der Waals surface area contributed by atoms with E-state index >= 15 is 0 Å². The van der Waals surface area contributed by atoms with Crippen molar-refractivity contribution in [2.24, 2.45) is 11.7 Å². The standard InChI is InChI=1S/C15H23ClN2/c1-11-5-3-4-6-15(11)18(2)13-8-7-12(10-17)14(16)9-13/h7-9,11,15H,3-6,10,17H2,1-2H3. The van der Waals surface area contributed by atoms with Gasteiger partial charge in [-0.05, 0) is 36.5 Å². The largest absolute Gasteiger partial charge is 0.371 e. The van der Waals surface area contributed by atoms with E-state index in [-0.39, 0.29) is 0 Å². The summed E-state index contributed by atoms with van der Waals surface area (Å²) in [6.07, 6.45) is 5.34. The van der Waals surface area contributed by atoms with Gasteiger partial charge in [-0.1, -0.05) is 37.4 Å². The van der Waals surface area contributed by atoms with Gasteiger partial charge >= 0.3 is 0 Å². The Hall–Kier alpha value is -0.730. The molecule has 2 nitrogen and oxygen atoms in total. The van der Waals surface area contributed by atoms with Gasteiger partial charge in [0.2, 0.25) is 0 Å². The van der Waals surface area contributed by atoms with E-state index in [1.165, 1.54) is 31.4 Å². The van der Waals surface area contributed by atoms with Gasteiger partial charge in [-0.15, -0.1) is 0 Å². The highest BCUT2D eigenvalue weighted by Crippen LogP contribution is 2.32. The number of hydrogen-bond donors (Lipinski definition) is 1. The van der Waals surface area contributed by atoms with Crippen LogP contribution < -0.4 is 10.6 Å². The monoisotopic (exact) mass is 266 g/mol. The molecule has 1 saturated carbocycles. The molecule has 1 aliphatic carbocycles. The second kappa shape index (κ2) is 5.94. The molecule has 2 N–H and O–H groups in total. The molecule has 0 radical (unpaired) electrons. The maximum atomic E-state index is 6.24. The first-order valence-corrected chi connectivity index (χ1v) is 7.22. The Morgan fingerprint density at radius 3 is 2.67 bits per heavy atom. The molecule has 2 rings (SSSR count). The van der Waals surface area contributed by atoms with Crippen LogP contribution in [0.2, 0.25) is 5.02 Å². The molecule has 0 saturated heterocycles. The van der Waals surface area contributed by atoms with E-state index in [0.29, 0.717) is 12.6 Å².